The molecule has 1 aromatic carbocycles. The molecule has 0 aliphatic carbocycles. The van der Waals surface area contributed by atoms with Gasteiger partial charge in [0.25, 0.3) is 0 Å². The molecule has 0 fully saturated rings. The summed E-state index contributed by atoms with van der Waals surface area (Å²) in [7, 11) is 0. The van der Waals surface area contributed by atoms with Crippen molar-refractivity contribution in [1.82, 2.24) is 0 Å². The Balaban J connectivity index is 0.00000324. The molecule has 5 heteroatoms. The SMILES string of the molecule is CCC(C)C(N)C(=O)Nc1ccc(CSC)cc1.Cl. The molecule has 2 unspecified atom stereocenters. The van der Waals surface area contributed by atoms with E-state index in [1.165, 1.54) is 5.56 Å². The van der Waals surface area contributed by atoms with Crippen LogP contribution in [0.15, 0.2) is 24.3 Å². The Morgan fingerprint density at radius 1 is 1.37 bits per heavy atom. The number of carbonyl (C=O) groups is 1. The minimum atomic E-state index is -0.444. The molecule has 108 valence electrons. The van der Waals surface area contributed by atoms with Crippen molar-refractivity contribution in [3.8, 4) is 0 Å². The van der Waals surface area contributed by atoms with Gasteiger partial charge in [-0.3, -0.25) is 4.79 Å². The van der Waals surface area contributed by atoms with Gasteiger partial charge in [0.05, 0.1) is 6.04 Å². The van der Waals surface area contributed by atoms with Crippen LogP contribution in [0.3, 0.4) is 0 Å². The lowest BCUT2D eigenvalue weighted by molar-refractivity contribution is -0.118. The summed E-state index contributed by atoms with van der Waals surface area (Å²) in [5, 5.41) is 2.86. The summed E-state index contributed by atoms with van der Waals surface area (Å²) < 4.78 is 0. The smallest absolute Gasteiger partial charge is 0.241 e. The average molecular weight is 303 g/mol. The second-order valence-corrected chi connectivity index (χ2v) is 5.40. The first-order valence-corrected chi connectivity index (χ1v) is 7.62. The monoisotopic (exact) mass is 302 g/mol. The summed E-state index contributed by atoms with van der Waals surface area (Å²) >= 11 is 1.78. The van der Waals surface area contributed by atoms with Crippen molar-refractivity contribution in [2.45, 2.75) is 32.1 Å². The van der Waals surface area contributed by atoms with Gasteiger partial charge >= 0.3 is 0 Å². The molecule has 1 amide bonds. The molecule has 1 aromatic rings. The summed E-state index contributed by atoms with van der Waals surface area (Å²) in [5.74, 6) is 1.07. The van der Waals surface area contributed by atoms with E-state index in [2.05, 4.69) is 11.6 Å². The lowest BCUT2D eigenvalue weighted by atomic mass is 9.99. The highest BCUT2D eigenvalue weighted by atomic mass is 35.5. The maximum absolute atomic E-state index is 11.9. The van der Waals surface area contributed by atoms with Gasteiger partial charge in [-0.2, -0.15) is 11.8 Å². The van der Waals surface area contributed by atoms with E-state index in [1.807, 2.05) is 38.1 Å². The number of hydrogen-bond acceptors (Lipinski definition) is 3. The molecule has 0 aromatic heterocycles. The summed E-state index contributed by atoms with van der Waals surface area (Å²) in [6.07, 6.45) is 2.97. The summed E-state index contributed by atoms with van der Waals surface area (Å²) in [4.78, 5) is 11.9. The van der Waals surface area contributed by atoms with Crippen molar-refractivity contribution >= 4 is 35.8 Å². The molecule has 0 saturated carbocycles. The van der Waals surface area contributed by atoms with E-state index in [9.17, 15) is 4.79 Å². The van der Waals surface area contributed by atoms with E-state index >= 15 is 0 Å². The number of thioether (sulfide) groups is 1. The second kappa shape index (κ2) is 9.23. The predicted octanol–water partition coefficient (Wildman–Crippen LogP) is 3.28. The molecule has 0 heterocycles. The van der Waals surface area contributed by atoms with Crippen molar-refractivity contribution in [1.29, 1.82) is 0 Å². The Morgan fingerprint density at radius 3 is 2.42 bits per heavy atom. The zero-order valence-electron chi connectivity index (χ0n) is 11.7. The van der Waals surface area contributed by atoms with E-state index in [1.54, 1.807) is 11.8 Å². The first kappa shape index (κ1) is 18.3. The first-order valence-electron chi connectivity index (χ1n) is 6.22. The highest BCUT2D eigenvalue weighted by molar-refractivity contribution is 7.97. The second-order valence-electron chi connectivity index (χ2n) is 4.53. The molecule has 3 nitrogen and oxygen atoms in total. The molecule has 0 bridgehead atoms. The van der Waals surface area contributed by atoms with Crippen LogP contribution in [0.4, 0.5) is 5.69 Å². The van der Waals surface area contributed by atoms with Crippen molar-refractivity contribution in [3.05, 3.63) is 29.8 Å². The third kappa shape index (κ3) is 5.85. The normalized spacial score (nSPS) is 13.3. The maximum Gasteiger partial charge on any atom is 0.241 e. The number of carbonyl (C=O) groups excluding carboxylic acids is 1. The van der Waals surface area contributed by atoms with Gasteiger partial charge in [0.15, 0.2) is 0 Å². The molecule has 3 N–H and O–H groups in total. The van der Waals surface area contributed by atoms with Gasteiger partial charge in [0.2, 0.25) is 5.91 Å². The molecule has 1 rings (SSSR count). The standard InChI is InChI=1S/C14H22N2OS.ClH/c1-4-10(2)13(15)14(17)16-12-7-5-11(6-8-12)9-18-3;/h5-8,10,13H,4,9,15H2,1-3H3,(H,16,17);1H. The summed E-state index contributed by atoms with van der Waals surface area (Å²) in [6, 6.07) is 7.46. The molecule has 0 spiro atoms. The summed E-state index contributed by atoms with van der Waals surface area (Å²) in [6.45, 7) is 4.03. The molecule has 2 atom stereocenters. The van der Waals surface area contributed by atoms with Crippen molar-refractivity contribution in [3.63, 3.8) is 0 Å². The van der Waals surface area contributed by atoms with Crippen LogP contribution in [0, 0.1) is 5.92 Å². The Morgan fingerprint density at radius 2 is 1.95 bits per heavy atom. The third-order valence-corrected chi connectivity index (χ3v) is 3.71. The van der Waals surface area contributed by atoms with Crippen molar-refractivity contribution in [2.24, 2.45) is 11.7 Å². The first-order chi connectivity index (χ1) is 8.58. The number of nitrogens with two attached hydrogens (primary N) is 1. The molecular formula is C14H23ClN2OS. The Hall–Kier alpha value is -0.710. The van der Waals surface area contributed by atoms with Gasteiger partial charge in [0.1, 0.15) is 0 Å². The Bertz CT molecular complexity index is 384. The minimum Gasteiger partial charge on any atom is -0.325 e. The van der Waals surface area contributed by atoms with E-state index < -0.39 is 6.04 Å². The lowest BCUT2D eigenvalue weighted by Gasteiger charge is -2.17. The molecule has 0 aliphatic rings. The highest BCUT2D eigenvalue weighted by Gasteiger charge is 2.19. The molecule has 0 aliphatic heterocycles. The molecule has 0 saturated heterocycles. The maximum atomic E-state index is 11.9. The summed E-state index contributed by atoms with van der Waals surface area (Å²) in [5.41, 5.74) is 7.95. The van der Waals surface area contributed by atoms with Crippen molar-refractivity contribution < 1.29 is 4.79 Å². The van der Waals surface area contributed by atoms with Crippen LogP contribution in [-0.2, 0) is 10.5 Å². The van der Waals surface area contributed by atoms with Crippen LogP contribution in [0.25, 0.3) is 0 Å². The Labute approximate surface area is 126 Å². The number of halogens is 1. The number of rotatable bonds is 6. The molecular weight excluding hydrogens is 280 g/mol. The number of anilines is 1. The van der Waals surface area contributed by atoms with Crippen LogP contribution < -0.4 is 11.1 Å². The molecule has 0 radical (unpaired) electrons. The van der Waals surface area contributed by atoms with Gasteiger partial charge < -0.3 is 11.1 Å². The van der Waals surface area contributed by atoms with E-state index in [4.69, 9.17) is 5.73 Å². The Kier molecular flexibility index (Phi) is 8.89. The fourth-order valence-corrected chi connectivity index (χ4v) is 2.11. The fraction of sp³-hybridized carbons (Fsp3) is 0.500. The number of hydrogen-bond donors (Lipinski definition) is 2. The largest absolute Gasteiger partial charge is 0.325 e. The quantitative estimate of drug-likeness (QED) is 0.848. The van der Waals surface area contributed by atoms with Crippen LogP contribution in [0.2, 0.25) is 0 Å². The van der Waals surface area contributed by atoms with Gasteiger partial charge in [-0.15, -0.1) is 12.4 Å². The number of nitrogens with one attached hydrogen (secondary N) is 1. The molecule has 19 heavy (non-hydrogen) atoms. The lowest BCUT2D eigenvalue weighted by Crippen LogP contribution is -2.40. The number of amides is 1. The average Bonchev–Trinajstić information content (AvgIpc) is 2.39. The van der Waals surface area contributed by atoms with Crippen molar-refractivity contribution in [2.75, 3.05) is 11.6 Å². The van der Waals surface area contributed by atoms with Crippen LogP contribution in [-0.4, -0.2) is 18.2 Å². The van der Waals surface area contributed by atoms with Crippen LogP contribution in [0.1, 0.15) is 25.8 Å². The fourth-order valence-electron chi connectivity index (χ4n) is 1.59. The van der Waals surface area contributed by atoms with E-state index in [0.29, 0.717) is 0 Å². The van der Waals surface area contributed by atoms with E-state index in [-0.39, 0.29) is 24.2 Å². The van der Waals surface area contributed by atoms with Gasteiger partial charge in [-0.1, -0.05) is 32.4 Å². The zero-order valence-corrected chi connectivity index (χ0v) is 13.3. The predicted molar refractivity (Wildman–Crippen MR) is 87.0 cm³/mol. The van der Waals surface area contributed by atoms with Gasteiger partial charge in [0, 0.05) is 11.4 Å². The number of benzene rings is 1. The minimum absolute atomic E-state index is 0. The van der Waals surface area contributed by atoms with Crippen LogP contribution >= 0.6 is 24.2 Å². The third-order valence-electron chi connectivity index (χ3n) is 3.09. The highest BCUT2D eigenvalue weighted by Crippen LogP contribution is 2.15. The van der Waals surface area contributed by atoms with Crippen LogP contribution in [0.5, 0.6) is 0 Å². The van der Waals surface area contributed by atoms with E-state index in [0.717, 1.165) is 17.9 Å². The topological polar surface area (TPSA) is 55.1 Å². The van der Waals surface area contributed by atoms with Gasteiger partial charge in [-0.25, -0.2) is 0 Å². The zero-order chi connectivity index (χ0) is 13.5. The van der Waals surface area contributed by atoms with Gasteiger partial charge in [-0.05, 0) is 29.9 Å².